The van der Waals surface area contributed by atoms with Crippen LogP contribution in [0.4, 0.5) is 14.9 Å². The number of hydrogen-bond donors (Lipinski definition) is 1. The molecule has 2 amide bonds. The van der Waals surface area contributed by atoms with Crippen LogP contribution >= 0.6 is 0 Å². The van der Waals surface area contributed by atoms with Crippen LogP contribution in [0, 0.1) is 10.7 Å². The number of halogens is 1. The fourth-order valence-corrected chi connectivity index (χ4v) is 2.99. The summed E-state index contributed by atoms with van der Waals surface area (Å²) in [6.45, 7) is 1.89. The molecule has 0 aromatic heterocycles. The third-order valence-corrected chi connectivity index (χ3v) is 4.51. The lowest BCUT2D eigenvalue weighted by Crippen LogP contribution is -2.33. The number of carbonyl (C=O) groups is 2. The fourth-order valence-electron chi connectivity index (χ4n) is 2.99. The number of amides is 2. The van der Waals surface area contributed by atoms with Gasteiger partial charge in [0.05, 0.1) is 25.3 Å². The number of benzene rings is 1. The summed E-state index contributed by atoms with van der Waals surface area (Å²) in [7, 11) is 0. The van der Waals surface area contributed by atoms with Crippen LogP contribution < -0.4 is 10.2 Å². The number of hydrogen-bond acceptors (Lipinski definition) is 5. The molecule has 1 heterocycles. The lowest BCUT2D eigenvalue weighted by Gasteiger charge is -2.17. The number of carbonyl (C=O) groups excluding carboxylic acids is 2. The number of nitroso groups, excluding NO2 is 1. The average molecular weight is 335 g/mol. The first kappa shape index (κ1) is 16.4. The highest BCUT2D eigenvalue weighted by Crippen LogP contribution is 2.49. The second-order valence-corrected chi connectivity index (χ2v) is 6.29. The van der Waals surface area contributed by atoms with Crippen molar-refractivity contribution in [2.24, 2.45) is 5.18 Å². The van der Waals surface area contributed by atoms with E-state index >= 15 is 0 Å². The van der Waals surface area contributed by atoms with E-state index in [1.54, 1.807) is 12.1 Å². The highest BCUT2D eigenvalue weighted by Gasteiger charge is 2.46. The number of anilines is 1. The molecule has 8 heteroatoms. The first-order valence-corrected chi connectivity index (χ1v) is 7.77. The smallest absolute Gasteiger partial charge is 0.414 e. The minimum atomic E-state index is -0.576. The maximum Gasteiger partial charge on any atom is 0.414 e. The first-order valence-electron chi connectivity index (χ1n) is 7.77. The van der Waals surface area contributed by atoms with E-state index in [0.717, 1.165) is 12.8 Å². The molecule has 1 aromatic rings. The molecule has 1 saturated carbocycles. The van der Waals surface area contributed by atoms with Crippen molar-refractivity contribution in [3.05, 3.63) is 34.5 Å². The highest BCUT2D eigenvalue weighted by atomic mass is 19.1. The van der Waals surface area contributed by atoms with E-state index in [1.165, 1.54) is 17.9 Å². The third-order valence-electron chi connectivity index (χ3n) is 4.51. The topological polar surface area (TPSA) is 88.1 Å². The maximum absolute atomic E-state index is 14.5. The molecule has 2 fully saturated rings. The molecule has 128 valence electrons. The highest BCUT2D eigenvalue weighted by molar-refractivity contribution is 5.89. The van der Waals surface area contributed by atoms with Gasteiger partial charge >= 0.3 is 6.09 Å². The second-order valence-electron chi connectivity index (χ2n) is 6.29. The van der Waals surface area contributed by atoms with Gasteiger partial charge in [0.1, 0.15) is 11.9 Å². The number of nitrogens with zero attached hydrogens (tertiary/aromatic N) is 2. The number of ether oxygens (including phenoxy) is 1. The normalized spacial score (nSPS) is 21.3. The second kappa shape index (κ2) is 6.18. The molecule has 0 unspecified atom stereocenters. The summed E-state index contributed by atoms with van der Waals surface area (Å²) in [5, 5.41) is 5.49. The molecular weight excluding hydrogens is 317 g/mol. The minimum Gasteiger partial charge on any atom is -0.442 e. The lowest BCUT2D eigenvalue weighted by molar-refractivity contribution is -0.119. The van der Waals surface area contributed by atoms with E-state index in [0.29, 0.717) is 11.3 Å². The van der Waals surface area contributed by atoms with Crippen LogP contribution in [0.25, 0.3) is 0 Å². The number of rotatable bonds is 6. The molecule has 1 aliphatic carbocycles. The van der Waals surface area contributed by atoms with Crippen LogP contribution in [-0.4, -0.2) is 37.7 Å². The zero-order valence-electron chi connectivity index (χ0n) is 13.3. The fraction of sp³-hybridized carbons (Fsp3) is 0.500. The van der Waals surface area contributed by atoms with Gasteiger partial charge in [-0.3, -0.25) is 9.69 Å². The van der Waals surface area contributed by atoms with Crippen molar-refractivity contribution in [2.75, 3.05) is 24.5 Å². The lowest BCUT2D eigenvalue weighted by atomic mass is 9.95. The van der Waals surface area contributed by atoms with Crippen LogP contribution in [0.2, 0.25) is 0 Å². The van der Waals surface area contributed by atoms with Crippen molar-refractivity contribution in [3.63, 3.8) is 0 Å². The van der Waals surface area contributed by atoms with E-state index in [-0.39, 0.29) is 25.5 Å². The summed E-state index contributed by atoms with van der Waals surface area (Å²) >= 11 is 0. The van der Waals surface area contributed by atoms with Crippen LogP contribution in [0.1, 0.15) is 25.3 Å². The molecule has 0 bridgehead atoms. The Kier molecular flexibility index (Phi) is 4.21. The van der Waals surface area contributed by atoms with Crippen LogP contribution in [0.3, 0.4) is 0 Å². The van der Waals surface area contributed by atoms with E-state index in [4.69, 9.17) is 4.74 Å². The summed E-state index contributed by atoms with van der Waals surface area (Å²) in [5.41, 5.74) is 0.374. The number of nitrogens with one attached hydrogen (secondary N) is 1. The molecule has 24 heavy (non-hydrogen) atoms. The molecule has 1 aromatic carbocycles. The molecule has 0 radical (unpaired) electrons. The Labute approximate surface area is 138 Å². The van der Waals surface area contributed by atoms with Crippen molar-refractivity contribution in [1.82, 2.24) is 5.32 Å². The predicted octanol–water partition coefficient (Wildman–Crippen LogP) is 2.08. The van der Waals surface area contributed by atoms with Gasteiger partial charge in [0.2, 0.25) is 5.91 Å². The van der Waals surface area contributed by atoms with Crippen LogP contribution in [0.5, 0.6) is 0 Å². The van der Waals surface area contributed by atoms with Crippen molar-refractivity contribution in [1.29, 1.82) is 0 Å². The van der Waals surface area contributed by atoms with Crippen molar-refractivity contribution in [3.8, 4) is 0 Å². The van der Waals surface area contributed by atoms with E-state index < -0.39 is 23.4 Å². The molecule has 0 spiro atoms. The Morgan fingerprint density at radius 1 is 1.50 bits per heavy atom. The monoisotopic (exact) mass is 335 g/mol. The van der Waals surface area contributed by atoms with Gasteiger partial charge in [0.15, 0.2) is 0 Å². The van der Waals surface area contributed by atoms with E-state index in [2.05, 4.69) is 10.5 Å². The molecule has 3 rings (SSSR count). The summed E-state index contributed by atoms with van der Waals surface area (Å²) in [5.74, 6) is -0.662. The molecule has 7 nitrogen and oxygen atoms in total. The molecule has 1 aliphatic heterocycles. The number of cyclic esters (lactones) is 1. The van der Waals surface area contributed by atoms with Crippen LogP contribution in [0.15, 0.2) is 23.4 Å². The summed E-state index contributed by atoms with van der Waals surface area (Å²) in [6, 6.07) is 4.53. The van der Waals surface area contributed by atoms with Gasteiger partial charge in [-0.1, -0.05) is 11.2 Å². The van der Waals surface area contributed by atoms with Gasteiger partial charge in [-0.2, -0.15) is 4.91 Å². The van der Waals surface area contributed by atoms with Gasteiger partial charge in [-0.25, -0.2) is 9.18 Å². The maximum atomic E-state index is 14.5. The van der Waals surface area contributed by atoms with Crippen LogP contribution in [-0.2, 0) is 14.9 Å². The largest absolute Gasteiger partial charge is 0.442 e. The molecule has 1 saturated heterocycles. The summed E-state index contributed by atoms with van der Waals surface area (Å²) in [6.07, 6.45) is 0.422. The van der Waals surface area contributed by atoms with E-state index in [9.17, 15) is 18.9 Å². The minimum absolute atomic E-state index is 0.0633. The molecular formula is C16H18FN3O4. The zero-order chi connectivity index (χ0) is 17.3. The summed E-state index contributed by atoms with van der Waals surface area (Å²) in [4.78, 5) is 34.7. The standard InChI is InChI=1S/C16H18FN3O4/c1-10(21)18-7-12-8-20(15(22)24-12)11-2-3-13(14(17)6-11)16(4-5-16)9-19-23/h2-3,6,12H,4-5,7-9H2,1H3,(H,18,21)/t12-/m0/s1. The molecule has 2 aliphatic rings. The third kappa shape index (κ3) is 3.08. The Morgan fingerprint density at radius 2 is 2.25 bits per heavy atom. The molecule has 1 N–H and O–H groups in total. The van der Waals surface area contributed by atoms with Gasteiger partial charge in [-0.15, -0.1) is 0 Å². The van der Waals surface area contributed by atoms with Crippen molar-refractivity contribution >= 4 is 17.7 Å². The van der Waals surface area contributed by atoms with Gasteiger partial charge < -0.3 is 10.1 Å². The summed E-state index contributed by atoms with van der Waals surface area (Å²) < 4.78 is 19.6. The zero-order valence-corrected chi connectivity index (χ0v) is 13.3. The Hall–Kier alpha value is -2.51. The predicted molar refractivity (Wildman–Crippen MR) is 84.3 cm³/mol. The van der Waals surface area contributed by atoms with Crippen molar-refractivity contribution < 1.29 is 18.7 Å². The quantitative estimate of drug-likeness (QED) is 0.806. The molecule has 1 atom stereocenters. The van der Waals surface area contributed by atoms with E-state index in [1.807, 2.05) is 0 Å². The Balaban J connectivity index is 1.74. The Bertz CT molecular complexity index is 690. The average Bonchev–Trinajstić information content (AvgIpc) is 3.20. The SMILES string of the molecule is CC(=O)NC[C@H]1CN(c2ccc(C3(CN=O)CC3)c(F)c2)C(=O)O1. The Morgan fingerprint density at radius 3 is 2.83 bits per heavy atom. The van der Waals surface area contributed by atoms with Gasteiger partial charge in [0.25, 0.3) is 0 Å². The van der Waals surface area contributed by atoms with Crippen molar-refractivity contribution in [2.45, 2.75) is 31.3 Å². The van der Waals surface area contributed by atoms with Gasteiger partial charge in [-0.05, 0) is 30.5 Å². The van der Waals surface area contributed by atoms with Gasteiger partial charge in [0, 0.05) is 12.3 Å². The first-order chi connectivity index (χ1) is 11.4.